The first-order valence-corrected chi connectivity index (χ1v) is 17.6. The molecule has 2 aliphatic rings. The molecule has 2 heterocycles. The van der Waals surface area contributed by atoms with Crippen LogP contribution in [0.4, 0.5) is 0 Å². The van der Waals surface area contributed by atoms with Crippen LogP contribution < -0.4 is 5.32 Å². The Bertz CT molecular complexity index is 1030. The van der Waals surface area contributed by atoms with Gasteiger partial charge in [0.2, 0.25) is 23.6 Å². The lowest BCUT2D eigenvalue weighted by atomic mass is 9.84. The van der Waals surface area contributed by atoms with Crippen molar-refractivity contribution < 1.29 is 19.2 Å². The van der Waals surface area contributed by atoms with Gasteiger partial charge >= 0.3 is 0 Å². The lowest BCUT2D eigenvalue weighted by Gasteiger charge is -2.41. The minimum Gasteiger partial charge on any atom is -0.344 e. The number of carbonyl (C=O) groups is 4. The molecule has 4 amide bonds. The second-order valence-corrected chi connectivity index (χ2v) is 15.2. The summed E-state index contributed by atoms with van der Waals surface area (Å²) in [6.07, 6.45) is 10.6. The van der Waals surface area contributed by atoms with Gasteiger partial charge in [-0.05, 0) is 70.8 Å². The molecule has 0 radical (unpaired) electrons. The van der Waals surface area contributed by atoms with E-state index in [2.05, 4.69) is 31.0 Å². The van der Waals surface area contributed by atoms with Crippen LogP contribution in [0, 0.1) is 11.3 Å². The third-order valence-corrected chi connectivity index (χ3v) is 9.67. The van der Waals surface area contributed by atoms with Gasteiger partial charge in [0.1, 0.15) is 12.1 Å². The fraction of sp³-hybridized carbons (Fsp3) is 0.833. The van der Waals surface area contributed by atoms with Gasteiger partial charge in [0, 0.05) is 38.8 Å². The molecule has 0 aromatic carbocycles. The van der Waals surface area contributed by atoms with E-state index in [1.165, 1.54) is 0 Å². The van der Waals surface area contributed by atoms with Crippen molar-refractivity contribution in [1.82, 2.24) is 24.9 Å². The number of amides is 4. The Hall–Kier alpha value is -2.42. The zero-order valence-corrected chi connectivity index (χ0v) is 30.4. The highest BCUT2D eigenvalue weighted by molar-refractivity contribution is 5.97. The summed E-state index contributed by atoms with van der Waals surface area (Å²) < 4.78 is 0. The smallest absolute Gasteiger partial charge is 0.249 e. The van der Waals surface area contributed by atoms with Crippen molar-refractivity contribution in [3.05, 3.63) is 11.6 Å². The summed E-state index contributed by atoms with van der Waals surface area (Å²) in [6.45, 7) is 20.3. The van der Waals surface area contributed by atoms with Gasteiger partial charge in [0.15, 0.2) is 0 Å². The van der Waals surface area contributed by atoms with Crippen molar-refractivity contribution in [2.75, 3.05) is 33.7 Å². The molecule has 0 aromatic rings. The minimum absolute atomic E-state index is 0.00983. The summed E-state index contributed by atoms with van der Waals surface area (Å²) in [5.41, 5.74) is 0.0184. The first kappa shape index (κ1) is 38.8. The molecule has 45 heavy (non-hydrogen) atoms. The third-order valence-electron chi connectivity index (χ3n) is 9.67. The molecule has 2 rings (SSSR count). The molecular weight excluding hydrogens is 566 g/mol. The molecule has 0 aliphatic carbocycles. The zero-order valence-electron chi connectivity index (χ0n) is 30.4. The molecule has 0 saturated carbocycles. The van der Waals surface area contributed by atoms with Crippen LogP contribution in [-0.2, 0) is 19.2 Å². The molecule has 2 aliphatic heterocycles. The van der Waals surface area contributed by atoms with Gasteiger partial charge in [-0.15, -0.1) is 0 Å². The first-order chi connectivity index (χ1) is 21.0. The van der Waals surface area contributed by atoms with E-state index in [1.54, 1.807) is 28.7 Å². The summed E-state index contributed by atoms with van der Waals surface area (Å²) in [5, 5.41) is 3.15. The molecule has 0 spiro atoms. The zero-order chi connectivity index (χ0) is 34.1. The molecule has 9 heteroatoms. The van der Waals surface area contributed by atoms with Crippen LogP contribution in [-0.4, -0.2) is 107 Å². The number of rotatable bonds is 14. The van der Waals surface area contributed by atoms with E-state index in [0.717, 1.165) is 57.9 Å². The van der Waals surface area contributed by atoms with E-state index >= 15 is 0 Å². The van der Waals surface area contributed by atoms with Crippen LogP contribution in [0.2, 0.25) is 0 Å². The van der Waals surface area contributed by atoms with Gasteiger partial charge in [-0.3, -0.25) is 24.1 Å². The van der Waals surface area contributed by atoms with Gasteiger partial charge in [0.25, 0.3) is 0 Å². The van der Waals surface area contributed by atoms with Crippen LogP contribution >= 0.6 is 0 Å². The lowest BCUT2D eigenvalue weighted by molar-refractivity contribution is -0.142. The topological polar surface area (TPSA) is 93.3 Å². The predicted octanol–water partition coefficient (Wildman–Crippen LogP) is 5.24. The van der Waals surface area contributed by atoms with E-state index < -0.39 is 17.5 Å². The van der Waals surface area contributed by atoms with Crippen LogP contribution in [0.1, 0.15) is 120 Å². The molecule has 258 valence electrons. The molecule has 0 aromatic heterocycles. The number of carbonyl (C=O) groups excluding carboxylic acids is 4. The second-order valence-electron chi connectivity index (χ2n) is 15.2. The largest absolute Gasteiger partial charge is 0.344 e. The van der Waals surface area contributed by atoms with Crippen LogP contribution in [0.15, 0.2) is 11.6 Å². The van der Waals surface area contributed by atoms with E-state index in [-0.39, 0.29) is 47.7 Å². The fourth-order valence-corrected chi connectivity index (χ4v) is 6.80. The molecule has 2 fully saturated rings. The summed E-state index contributed by atoms with van der Waals surface area (Å²) in [7, 11) is 3.61. The van der Waals surface area contributed by atoms with Crippen molar-refractivity contribution in [3.8, 4) is 0 Å². The first-order valence-electron chi connectivity index (χ1n) is 17.6. The quantitative estimate of drug-likeness (QED) is 0.209. The summed E-state index contributed by atoms with van der Waals surface area (Å²) in [4.78, 5) is 62.3. The van der Waals surface area contributed by atoms with Crippen molar-refractivity contribution >= 4 is 23.6 Å². The number of hydrogen-bond acceptors (Lipinski definition) is 5. The number of unbranched alkanes of at least 4 members (excludes halogenated alkanes) is 3. The fourth-order valence-electron chi connectivity index (χ4n) is 6.80. The molecule has 2 saturated heterocycles. The van der Waals surface area contributed by atoms with Crippen LogP contribution in [0.25, 0.3) is 0 Å². The molecule has 0 bridgehead atoms. The highest BCUT2D eigenvalue weighted by Crippen LogP contribution is 2.27. The molecule has 9 nitrogen and oxygen atoms in total. The SMILES string of the molecule is CCCCCCN(C)C(=O)[C@@H]1CCCN1C(=O)/C(C)=C/[C@H](C(C)C)N(C)C(=O)[C@@H](NC(=O)[C@H]1CCCCN1C(C)C)C(C)(C)C. The van der Waals surface area contributed by atoms with Crippen molar-refractivity contribution in [2.45, 2.75) is 150 Å². The highest BCUT2D eigenvalue weighted by atomic mass is 16.2. The number of likely N-dealkylation sites (tertiary alicyclic amines) is 2. The Morgan fingerprint density at radius 1 is 0.911 bits per heavy atom. The molecule has 0 unspecified atom stereocenters. The van der Waals surface area contributed by atoms with Crippen LogP contribution in [0.5, 0.6) is 0 Å². The Balaban J connectivity index is 2.22. The van der Waals surface area contributed by atoms with E-state index in [4.69, 9.17) is 0 Å². The van der Waals surface area contributed by atoms with Gasteiger partial charge in [-0.2, -0.15) is 0 Å². The maximum Gasteiger partial charge on any atom is 0.249 e. The third kappa shape index (κ3) is 10.5. The summed E-state index contributed by atoms with van der Waals surface area (Å²) >= 11 is 0. The highest BCUT2D eigenvalue weighted by Gasteiger charge is 2.40. The average molecular weight is 632 g/mol. The monoisotopic (exact) mass is 632 g/mol. The number of piperidine rings is 1. The normalized spacial score (nSPS) is 21.2. The van der Waals surface area contributed by atoms with Gasteiger partial charge < -0.3 is 20.0 Å². The van der Waals surface area contributed by atoms with Gasteiger partial charge in [-0.1, -0.05) is 73.3 Å². The molecule has 1 N–H and O–H groups in total. The Morgan fingerprint density at radius 3 is 2.13 bits per heavy atom. The number of nitrogens with one attached hydrogen (secondary N) is 1. The number of hydrogen-bond donors (Lipinski definition) is 1. The van der Waals surface area contributed by atoms with Crippen LogP contribution in [0.3, 0.4) is 0 Å². The standard InChI is InChI=1S/C36H65N5O4/c1-12-13-14-16-21-38(10)34(44)29-20-18-23-41(29)33(43)27(6)24-30(25(2)3)39(11)35(45)31(36(7,8)9)37-32(42)28-19-15-17-22-40(28)26(4)5/h24-26,28-31H,12-23H2,1-11H3,(H,37,42)/b27-24+/t28-,29+,30-,31-/m1/s1. The molecule has 4 atom stereocenters. The maximum atomic E-state index is 14.1. The van der Waals surface area contributed by atoms with Crippen molar-refractivity contribution in [3.63, 3.8) is 0 Å². The van der Waals surface area contributed by atoms with Gasteiger partial charge in [0.05, 0.1) is 12.1 Å². The Kier molecular flexibility index (Phi) is 15.1. The predicted molar refractivity (Wildman–Crippen MR) is 183 cm³/mol. The lowest BCUT2D eigenvalue weighted by Crippen LogP contribution is -2.60. The van der Waals surface area contributed by atoms with Crippen molar-refractivity contribution in [1.29, 1.82) is 0 Å². The van der Waals surface area contributed by atoms with E-state index in [0.29, 0.717) is 25.1 Å². The van der Waals surface area contributed by atoms with E-state index in [9.17, 15) is 19.2 Å². The minimum atomic E-state index is -0.718. The maximum absolute atomic E-state index is 14.1. The molecular formula is C36H65N5O4. The Labute approximate surface area is 274 Å². The average Bonchev–Trinajstić information content (AvgIpc) is 3.48. The van der Waals surface area contributed by atoms with Crippen molar-refractivity contribution in [2.24, 2.45) is 11.3 Å². The Morgan fingerprint density at radius 2 is 1.56 bits per heavy atom. The second kappa shape index (κ2) is 17.5. The number of nitrogens with zero attached hydrogens (tertiary/aromatic N) is 4. The summed E-state index contributed by atoms with van der Waals surface area (Å²) in [6, 6.07) is -1.51. The van der Waals surface area contributed by atoms with Gasteiger partial charge in [-0.25, -0.2) is 0 Å². The summed E-state index contributed by atoms with van der Waals surface area (Å²) in [5.74, 6) is -0.373. The number of likely N-dealkylation sites (N-methyl/N-ethyl adjacent to an activating group) is 2. The van der Waals surface area contributed by atoms with E-state index in [1.807, 2.05) is 47.7 Å².